The van der Waals surface area contributed by atoms with Crippen molar-refractivity contribution in [2.24, 2.45) is 41.4 Å². The number of likely N-dealkylation sites (N-methyl/N-ethyl adjacent to an activating group) is 7. The number of methoxy groups -OCH3 is 1. The molecule has 1 saturated heterocycles. The van der Waals surface area contributed by atoms with E-state index in [0.29, 0.717) is 12.8 Å². The van der Waals surface area contributed by atoms with Gasteiger partial charge in [0.05, 0.1) is 6.10 Å². The summed E-state index contributed by atoms with van der Waals surface area (Å²) >= 11 is 0. The Hall–Kier alpha value is -6.17. The first kappa shape index (κ1) is 79.8. The second-order valence-corrected chi connectivity index (χ2v) is 26.5. The molecule has 1 fully saturated rings. The first-order valence-corrected chi connectivity index (χ1v) is 31.6. The number of hydrogen-bond acceptors (Lipinski definition) is 13. The number of amides is 11. The van der Waals surface area contributed by atoms with Crippen molar-refractivity contribution in [2.75, 3.05) is 63.1 Å². The van der Waals surface area contributed by atoms with Gasteiger partial charge in [-0.2, -0.15) is 0 Å². The molecule has 14 atom stereocenters. The number of nitrogens with one attached hydrogen (secondary N) is 4. The first-order valence-electron chi connectivity index (χ1n) is 31.6. The normalized spacial score (nSPS) is 27.6. The largest absolute Gasteiger partial charge is 0.390 e. The van der Waals surface area contributed by atoms with E-state index in [4.69, 9.17) is 4.74 Å². The molecular formula is C64H115N11O13. The van der Waals surface area contributed by atoms with Crippen molar-refractivity contribution in [3.63, 3.8) is 0 Å². The fourth-order valence-electron chi connectivity index (χ4n) is 11.3. The Morgan fingerprint density at radius 2 is 0.920 bits per heavy atom. The lowest BCUT2D eigenvalue weighted by atomic mass is 9.91. The van der Waals surface area contributed by atoms with Crippen LogP contribution in [0, 0.1) is 41.4 Å². The SMILES string of the molecule is C/C=C/C[C@@H](C)[C@@H](O)[C@H]1C(=O)N[C@@H](CC)C(=O)N(C)[C@H](C)C(=O)N(C)[C@@H]([C@H](C)CCOC)C(=O)NC(C(C)C)C(=O)N(C)[C@@H](CC(C)C)C(=O)N[C@@H](C)C(=O)N[C@H](C)C(=O)N(C)[C@@H](CC(C)C)C(=O)N(C)[C@@H](CC(C)C)C(=O)N(C)C(C(C)C)C(=O)N1C. The molecule has 88 heavy (non-hydrogen) atoms. The minimum absolute atomic E-state index is 0.00246. The second-order valence-electron chi connectivity index (χ2n) is 26.5. The van der Waals surface area contributed by atoms with Crippen molar-refractivity contribution < 1.29 is 62.6 Å². The van der Waals surface area contributed by atoms with Crippen LogP contribution in [-0.4, -0.2) is 240 Å². The number of aliphatic hydroxyl groups excluding tert-OH is 1. The lowest BCUT2D eigenvalue weighted by molar-refractivity contribution is -0.157. The number of ether oxygens (including phenoxy) is 1. The molecule has 0 bridgehead atoms. The summed E-state index contributed by atoms with van der Waals surface area (Å²) in [6, 6.07) is -13.8. The summed E-state index contributed by atoms with van der Waals surface area (Å²) in [5.74, 6) is -10.4. The third kappa shape index (κ3) is 21.5. The lowest BCUT2D eigenvalue weighted by Crippen LogP contribution is -2.64. The van der Waals surface area contributed by atoms with Crippen molar-refractivity contribution in [3.8, 4) is 0 Å². The Bertz CT molecular complexity index is 2400. The third-order valence-electron chi connectivity index (χ3n) is 17.1. The van der Waals surface area contributed by atoms with Crippen LogP contribution in [0.25, 0.3) is 0 Å². The molecule has 24 nitrogen and oxygen atoms in total. The van der Waals surface area contributed by atoms with Crippen molar-refractivity contribution in [2.45, 2.75) is 229 Å². The van der Waals surface area contributed by atoms with E-state index in [1.165, 1.54) is 102 Å². The predicted octanol–water partition coefficient (Wildman–Crippen LogP) is 3.28. The van der Waals surface area contributed by atoms with E-state index in [-0.39, 0.29) is 50.0 Å². The molecule has 504 valence electrons. The van der Waals surface area contributed by atoms with Crippen LogP contribution < -0.4 is 21.3 Å². The first-order chi connectivity index (χ1) is 40.7. The van der Waals surface area contributed by atoms with Gasteiger partial charge in [-0.25, -0.2) is 0 Å². The van der Waals surface area contributed by atoms with Gasteiger partial charge in [-0.05, 0) is 108 Å². The average molecular weight is 1250 g/mol. The number of carbonyl (C=O) groups excluding carboxylic acids is 11. The molecule has 1 aliphatic rings. The Morgan fingerprint density at radius 3 is 1.39 bits per heavy atom. The van der Waals surface area contributed by atoms with Gasteiger partial charge in [-0.3, -0.25) is 52.7 Å². The van der Waals surface area contributed by atoms with Crippen LogP contribution >= 0.6 is 0 Å². The molecule has 0 aromatic carbocycles. The number of nitrogens with zero attached hydrogens (tertiary/aromatic N) is 7. The Balaban J connectivity index is 4.42. The molecule has 2 unspecified atom stereocenters. The fraction of sp³-hybridized carbons (Fsp3) is 0.797. The summed E-state index contributed by atoms with van der Waals surface area (Å²) in [6.45, 7) is 29.5. The van der Waals surface area contributed by atoms with Crippen LogP contribution in [0.15, 0.2) is 12.2 Å². The van der Waals surface area contributed by atoms with E-state index in [9.17, 15) is 48.3 Å². The zero-order valence-corrected chi connectivity index (χ0v) is 58.1. The molecule has 0 aliphatic carbocycles. The highest BCUT2D eigenvalue weighted by atomic mass is 16.5. The smallest absolute Gasteiger partial charge is 0.246 e. The van der Waals surface area contributed by atoms with Gasteiger partial charge in [0.25, 0.3) is 0 Å². The fourth-order valence-corrected chi connectivity index (χ4v) is 11.3. The number of hydrogen-bond donors (Lipinski definition) is 5. The molecule has 11 amide bonds. The molecule has 0 radical (unpaired) electrons. The van der Waals surface area contributed by atoms with Crippen LogP contribution in [0.3, 0.4) is 0 Å². The predicted molar refractivity (Wildman–Crippen MR) is 339 cm³/mol. The van der Waals surface area contributed by atoms with Gasteiger partial charge in [0.2, 0.25) is 65.0 Å². The molecular weight excluding hydrogens is 1130 g/mol. The van der Waals surface area contributed by atoms with Crippen LogP contribution in [0.1, 0.15) is 156 Å². The summed E-state index contributed by atoms with van der Waals surface area (Å²) < 4.78 is 5.37. The van der Waals surface area contributed by atoms with Gasteiger partial charge in [0.1, 0.15) is 66.5 Å². The highest BCUT2D eigenvalue weighted by Crippen LogP contribution is 2.26. The maximum atomic E-state index is 15.2. The zero-order valence-electron chi connectivity index (χ0n) is 58.1. The standard InChI is InChI=1S/C64H115N11O13/c1-26-28-29-41(14)53(76)52-57(80)67-45(27-2)60(83)69(18)44(17)59(82)74(23)51(40(13)30-31-88-25)56(79)68-49(38(9)10)63(86)70(19)46(32-35(3)4)55(78)65-42(15)54(77)66-43(16)58(81)71(20)47(33-36(5)6)61(84)72(21)48(34-37(7)8)62(85)73(22)50(39(11)12)64(87)75(52)24/h26,28,35-53,76H,27,29-34H2,1-25H3,(H,65,78)(H,66,77)(H,67,80)(H,68,79)/b28-26+/t40-,41-,42+,43-,44-,45+,46+,47+,48+,49?,50?,51+,52+,53-/m1/s1. The Morgan fingerprint density at radius 1 is 0.477 bits per heavy atom. The molecule has 1 rings (SSSR count). The summed E-state index contributed by atoms with van der Waals surface area (Å²) in [5, 5.41) is 23.2. The van der Waals surface area contributed by atoms with E-state index >= 15 is 9.59 Å². The van der Waals surface area contributed by atoms with Gasteiger partial charge in [-0.1, -0.05) is 102 Å². The average Bonchev–Trinajstić information content (AvgIpc) is 3.25. The van der Waals surface area contributed by atoms with Gasteiger partial charge in [0, 0.05) is 63.1 Å². The summed E-state index contributed by atoms with van der Waals surface area (Å²) in [6.07, 6.45) is 3.11. The minimum Gasteiger partial charge on any atom is -0.390 e. The molecule has 0 aromatic heterocycles. The zero-order chi connectivity index (χ0) is 68.3. The minimum atomic E-state index is -1.63. The number of allylic oxidation sites excluding steroid dienone is 2. The highest BCUT2D eigenvalue weighted by Gasteiger charge is 2.46. The van der Waals surface area contributed by atoms with Crippen LogP contribution in [-0.2, 0) is 57.5 Å². The third-order valence-corrected chi connectivity index (χ3v) is 17.1. The Labute approximate surface area is 526 Å². The topological polar surface area (TPSA) is 288 Å². The summed E-state index contributed by atoms with van der Waals surface area (Å²) in [4.78, 5) is 170. The molecule has 0 saturated carbocycles. The van der Waals surface area contributed by atoms with Gasteiger partial charge >= 0.3 is 0 Å². The highest BCUT2D eigenvalue weighted by molar-refractivity contribution is 6.00. The molecule has 24 heteroatoms. The number of aliphatic hydroxyl groups is 1. The summed E-state index contributed by atoms with van der Waals surface area (Å²) in [7, 11) is 11.4. The maximum Gasteiger partial charge on any atom is 0.246 e. The monoisotopic (exact) mass is 1250 g/mol. The Kier molecular flexibility index (Phi) is 33.1. The molecule has 1 aliphatic heterocycles. The van der Waals surface area contributed by atoms with E-state index in [0.717, 1.165) is 9.80 Å². The number of carbonyl (C=O) groups is 11. The van der Waals surface area contributed by atoms with E-state index in [2.05, 4.69) is 21.3 Å². The number of rotatable bonds is 17. The van der Waals surface area contributed by atoms with Gasteiger partial charge < -0.3 is 65.4 Å². The molecule has 5 N–H and O–H groups in total. The molecule has 0 spiro atoms. The van der Waals surface area contributed by atoms with E-state index in [1.54, 1.807) is 67.5 Å². The summed E-state index contributed by atoms with van der Waals surface area (Å²) in [5.41, 5.74) is 0. The van der Waals surface area contributed by atoms with E-state index in [1.807, 2.05) is 41.5 Å². The quantitative estimate of drug-likeness (QED) is 0.131. The van der Waals surface area contributed by atoms with Gasteiger partial charge in [-0.15, -0.1) is 0 Å². The van der Waals surface area contributed by atoms with Crippen molar-refractivity contribution in [3.05, 3.63) is 12.2 Å². The van der Waals surface area contributed by atoms with Crippen molar-refractivity contribution >= 4 is 65.0 Å². The molecule has 1 heterocycles. The lowest BCUT2D eigenvalue weighted by Gasteiger charge is -2.41. The second kappa shape index (κ2) is 36.5. The van der Waals surface area contributed by atoms with Gasteiger partial charge in [0.15, 0.2) is 0 Å². The van der Waals surface area contributed by atoms with E-state index < -0.39 is 161 Å². The molecule has 0 aromatic rings. The van der Waals surface area contributed by atoms with Crippen LogP contribution in [0.5, 0.6) is 0 Å². The van der Waals surface area contributed by atoms with Crippen LogP contribution in [0.4, 0.5) is 0 Å². The van der Waals surface area contributed by atoms with Crippen molar-refractivity contribution in [1.82, 2.24) is 55.6 Å². The van der Waals surface area contributed by atoms with Crippen LogP contribution in [0.2, 0.25) is 0 Å². The van der Waals surface area contributed by atoms with Crippen molar-refractivity contribution in [1.29, 1.82) is 0 Å². The maximum absolute atomic E-state index is 15.2.